The number of rotatable bonds is 2. The Kier molecular flexibility index (Phi) is 2.90. The van der Waals surface area contributed by atoms with Gasteiger partial charge in [-0.05, 0) is 34.7 Å². The molecular formula is C10H11IN4. The summed E-state index contributed by atoms with van der Waals surface area (Å²) in [6, 6.07) is 3.89. The molecule has 0 aliphatic rings. The van der Waals surface area contributed by atoms with E-state index >= 15 is 0 Å². The molecule has 0 atom stereocenters. The van der Waals surface area contributed by atoms with Crippen LogP contribution in [-0.4, -0.2) is 35.3 Å². The number of H-pyrrole nitrogens is 1. The van der Waals surface area contributed by atoms with Crippen molar-refractivity contribution >= 4 is 45.8 Å². The highest BCUT2D eigenvalue weighted by atomic mass is 127. The highest BCUT2D eigenvalue weighted by Gasteiger charge is 2.02. The predicted octanol–water partition coefficient (Wildman–Crippen LogP) is 2.39. The van der Waals surface area contributed by atoms with E-state index in [1.54, 1.807) is 6.34 Å². The second kappa shape index (κ2) is 4.18. The molecule has 0 bridgehead atoms. The molecule has 0 aromatic carbocycles. The lowest BCUT2D eigenvalue weighted by molar-refractivity contribution is 0.643. The van der Waals surface area contributed by atoms with Gasteiger partial charge in [0.15, 0.2) is 5.82 Å². The summed E-state index contributed by atoms with van der Waals surface area (Å²) in [5.41, 5.74) is 2.02. The van der Waals surface area contributed by atoms with Crippen molar-refractivity contribution in [3.05, 3.63) is 21.9 Å². The second-order valence-electron chi connectivity index (χ2n) is 3.41. The SMILES string of the molecule is CN(C)C=Nc1ccc2[nH]cc(I)c2n1. The van der Waals surface area contributed by atoms with E-state index in [1.165, 1.54) is 0 Å². The van der Waals surface area contributed by atoms with Crippen LogP contribution >= 0.6 is 22.6 Å². The van der Waals surface area contributed by atoms with Crippen molar-refractivity contribution in [1.82, 2.24) is 14.9 Å². The summed E-state index contributed by atoms with van der Waals surface area (Å²) in [5.74, 6) is 0.730. The van der Waals surface area contributed by atoms with E-state index in [2.05, 4.69) is 37.6 Å². The van der Waals surface area contributed by atoms with Gasteiger partial charge in [0.05, 0.1) is 15.4 Å². The molecule has 0 amide bonds. The summed E-state index contributed by atoms with van der Waals surface area (Å²) in [5, 5.41) is 0. The monoisotopic (exact) mass is 314 g/mol. The fraction of sp³-hybridized carbons (Fsp3) is 0.200. The normalized spacial score (nSPS) is 11.4. The van der Waals surface area contributed by atoms with Crippen molar-refractivity contribution in [3.63, 3.8) is 0 Å². The minimum Gasteiger partial charge on any atom is -0.369 e. The molecule has 2 aromatic rings. The lowest BCUT2D eigenvalue weighted by atomic mass is 10.4. The summed E-state index contributed by atoms with van der Waals surface area (Å²) < 4.78 is 1.12. The number of pyridine rings is 1. The van der Waals surface area contributed by atoms with Gasteiger partial charge in [-0.1, -0.05) is 0 Å². The van der Waals surface area contributed by atoms with Gasteiger partial charge in [0.1, 0.15) is 5.52 Å². The summed E-state index contributed by atoms with van der Waals surface area (Å²) >= 11 is 2.26. The van der Waals surface area contributed by atoms with Crippen LogP contribution in [0.15, 0.2) is 23.3 Å². The molecule has 2 heterocycles. The fourth-order valence-electron chi connectivity index (χ4n) is 1.20. The van der Waals surface area contributed by atoms with Gasteiger partial charge in [0.25, 0.3) is 0 Å². The van der Waals surface area contributed by atoms with E-state index in [-0.39, 0.29) is 0 Å². The zero-order valence-electron chi connectivity index (χ0n) is 8.53. The van der Waals surface area contributed by atoms with E-state index in [4.69, 9.17) is 0 Å². The molecule has 0 spiro atoms. The number of aliphatic imine (C=N–C) groups is 1. The smallest absolute Gasteiger partial charge is 0.154 e. The maximum atomic E-state index is 4.44. The van der Waals surface area contributed by atoms with Crippen molar-refractivity contribution < 1.29 is 0 Å². The molecule has 0 aliphatic carbocycles. The third-order valence-corrected chi connectivity index (χ3v) is 2.70. The van der Waals surface area contributed by atoms with Crippen LogP contribution < -0.4 is 0 Å². The number of fused-ring (bicyclic) bond motifs is 1. The third-order valence-electron chi connectivity index (χ3n) is 1.88. The summed E-state index contributed by atoms with van der Waals surface area (Å²) in [7, 11) is 3.87. The Morgan fingerprint density at radius 3 is 3.00 bits per heavy atom. The third kappa shape index (κ3) is 2.28. The maximum absolute atomic E-state index is 4.44. The maximum Gasteiger partial charge on any atom is 0.154 e. The Labute approximate surface area is 102 Å². The average molecular weight is 314 g/mol. The van der Waals surface area contributed by atoms with E-state index < -0.39 is 0 Å². The average Bonchev–Trinajstić information content (AvgIpc) is 2.57. The van der Waals surface area contributed by atoms with Crippen LogP contribution in [0.5, 0.6) is 0 Å². The Bertz CT molecular complexity index is 501. The molecular weight excluding hydrogens is 303 g/mol. The molecule has 0 fully saturated rings. The number of nitrogens with zero attached hydrogens (tertiary/aromatic N) is 3. The summed E-state index contributed by atoms with van der Waals surface area (Å²) in [4.78, 5) is 13.7. The van der Waals surface area contributed by atoms with Crippen LogP contribution in [0.3, 0.4) is 0 Å². The molecule has 0 unspecified atom stereocenters. The number of aromatic nitrogens is 2. The van der Waals surface area contributed by atoms with Gasteiger partial charge in [-0.2, -0.15) is 0 Å². The van der Waals surface area contributed by atoms with Crippen LogP contribution in [-0.2, 0) is 0 Å². The zero-order valence-corrected chi connectivity index (χ0v) is 10.7. The van der Waals surface area contributed by atoms with Crippen LogP contribution in [0.4, 0.5) is 5.82 Å². The van der Waals surface area contributed by atoms with Crippen LogP contribution in [0.1, 0.15) is 0 Å². The van der Waals surface area contributed by atoms with Crippen molar-refractivity contribution in [3.8, 4) is 0 Å². The molecule has 2 aromatic heterocycles. The Balaban J connectivity index is 2.41. The van der Waals surface area contributed by atoms with Gasteiger partial charge in [0.2, 0.25) is 0 Å². The van der Waals surface area contributed by atoms with Gasteiger partial charge in [0, 0.05) is 20.3 Å². The standard InChI is InChI=1S/C10H11IN4/c1-15(2)6-13-9-4-3-8-10(14-9)7(11)5-12-8/h3-6,12H,1-2H3. The Morgan fingerprint density at radius 2 is 2.27 bits per heavy atom. The molecule has 5 heteroatoms. The summed E-state index contributed by atoms with van der Waals surface area (Å²) in [6.45, 7) is 0. The lowest BCUT2D eigenvalue weighted by Gasteiger charge is -2.01. The molecule has 0 saturated heterocycles. The minimum atomic E-state index is 0.730. The highest BCUT2D eigenvalue weighted by Crippen LogP contribution is 2.20. The summed E-state index contributed by atoms with van der Waals surface area (Å²) in [6.07, 6.45) is 3.69. The molecule has 4 nitrogen and oxygen atoms in total. The molecule has 1 N–H and O–H groups in total. The number of aromatic amines is 1. The Hall–Kier alpha value is -1.11. The quantitative estimate of drug-likeness (QED) is 0.525. The van der Waals surface area contributed by atoms with Crippen molar-refractivity contribution in [2.45, 2.75) is 0 Å². The minimum absolute atomic E-state index is 0.730. The van der Waals surface area contributed by atoms with E-state index in [9.17, 15) is 0 Å². The molecule has 78 valence electrons. The molecule has 0 saturated carbocycles. The van der Waals surface area contributed by atoms with Gasteiger partial charge in [-0.25, -0.2) is 9.98 Å². The first-order chi connectivity index (χ1) is 7.16. The largest absolute Gasteiger partial charge is 0.369 e. The number of hydrogen-bond donors (Lipinski definition) is 1. The molecule has 0 aliphatic heterocycles. The first-order valence-corrected chi connectivity index (χ1v) is 5.59. The topological polar surface area (TPSA) is 44.3 Å². The van der Waals surface area contributed by atoms with Crippen molar-refractivity contribution in [2.75, 3.05) is 14.1 Å². The van der Waals surface area contributed by atoms with Gasteiger partial charge in [-0.3, -0.25) is 0 Å². The predicted molar refractivity (Wildman–Crippen MR) is 70.6 cm³/mol. The molecule has 2 rings (SSSR count). The van der Waals surface area contributed by atoms with E-state index in [1.807, 2.05) is 37.3 Å². The highest BCUT2D eigenvalue weighted by molar-refractivity contribution is 14.1. The number of halogens is 1. The first-order valence-electron chi connectivity index (χ1n) is 4.51. The van der Waals surface area contributed by atoms with E-state index in [0.717, 1.165) is 20.4 Å². The van der Waals surface area contributed by atoms with Crippen LogP contribution in [0, 0.1) is 3.57 Å². The van der Waals surface area contributed by atoms with Gasteiger partial charge < -0.3 is 9.88 Å². The second-order valence-corrected chi connectivity index (χ2v) is 4.57. The fourth-order valence-corrected chi connectivity index (χ4v) is 1.77. The van der Waals surface area contributed by atoms with Crippen molar-refractivity contribution in [2.24, 2.45) is 4.99 Å². The molecule has 15 heavy (non-hydrogen) atoms. The van der Waals surface area contributed by atoms with Gasteiger partial charge in [-0.15, -0.1) is 0 Å². The molecule has 0 radical (unpaired) electrons. The number of nitrogens with one attached hydrogen (secondary N) is 1. The first kappa shape index (κ1) is 10.4. The zero-order chi connectivity index (χ0) is 10.8. The number of hydrogen-bond acceptors (Lipinski definition) is 2. The Morgan fingerprint density at radius 1 is 1.47 bits per heavy atom. The van der Waals surface area contributed by atoms with Crippen LogP contribution in [0.25, 0.3) is 11.0 Å². The van der Waals surface area contributed by atoms with E-state index in [0.29, 0.717) is 0 Å². The van der Waals surface area contributed by atoms with Gasteiger partial charge >= 0.3 is 0 Å². The van der Waals surface area contributed by atoms with Crippen molar-refractivity contribution in [1.29, 1.82) is 0 Å². The van der Waals surface area contributed by atoms with Crippen LogP contribution in [0.2, 0.25) is 0 Å². The lowest BCUT2D eigenvalue weighted by Crippen LogP contribution is -2.07.